The van der Waals surface area contributed by atoms with Gasteiger partial charge in [0.1, 0.15) is 30.5 Å². The number of carbonyl (C=O) groups is 1. The fraction of sp³-hybridized carbons (Fsp3) is 0.825. The third-order valence-electron chi connectivity index (χ3n) is 9.30. The Morgan fingerprint density at radius 3 is 1.72 bits per heavy atom. The van der Waals surface area contributed by atoms with E-state index in [1.165, 1.54) is 70.6 Å². The number of allylic oxidation sites excluding steroid dienone is 5. The molecule has 10 nitrogen and oxygen atoms in total. The Hall–Kier alpha value is -1.63. The molecule has 1 amide bonds. The first kappa shape index (κ1) is 46.4. The topological polar surface area (TPSA) is 169 Å². The first-order valence-electron chi connectivity index (χ1n) is 19.8. The molecule has 1 aliphatic rings. The first-order chi connectivity index (χ1) is 24.3. The second-order valence-electron chi connectivity index (χ2n) is 13.9. The number of unbranched alkanes of at least 4 members (excludes halogenated alkanes) is 16. The van der Waals surface area contributed by atoms with Crippen molar-refractivity contribution in [3.05, 3.63) is 36.5 Å². The Kier molecular flexibility index (Phi) is 28.7. The van der Waals surface area contributed by atoms with Gasteiger partial charge in [0.25, 0.3) is 0 Å². The third-order valence-corrected chi connectivity index (χ3v) is 9.30. The van der Waals surface area contributed by atoms with Gasteiger partial charge in [0.15, 0.2) is 6.29 Å². The van der Waals surface area contributed by atoms with E-state index in [-0.39, 0.29) is 6.61 Å². The summed E-state index contributed by atoms with van der Waals surface area (Å²) >= 11 is 0. The van der Waals surface area contributed by atoms with E-state index in [1.54, 1.807) is 6.08 Å². The van der Waals surface area contributed by atoms with Crippen LogP contribution in [0.2, 0.25) is 0 Å². The van der Waals surface area contributed by atoms with Crippen molar-refractivity contribution in [2.45, 2.75) is 198 Å². The molecule has 1 rings (SSSR count). The van der Waals surface area contributed by atoms with Crippen LogP contribution < -0.4 is 5.32 Å². The van der Waals surface area contributed by atoms with Crippen LogP contribution in [0, 0.1) is 0 Å². The minimum absolute atomic E-state index is 0.302. The van der Waals surface area contributed by atoms with E-state index in [2.05, 4.69) is 43.5 Å². The standard InChI is InChI=1S/C40H73NO9/c1-3-5-7-9-11-13-15-17-19-21-23-25-27-29-34(44)39(48)41-32(31-49-40-38(47)37(46)36(45)35(30-42)50-40)33(43)28-26-24-22-20-18-16-14-12-10-8-6-4-2/h10,12,18,20,26,28,32-38,40,42-47H,3-9,11,13-17,19,21-25,27,29-31H2,1-2H3,(H,41,48)/b12-10+,20-18+,28-26+. The molecule has 0 spiro atoms. The van der Waals surface area contributed by atoms with Crippen LogP contribution in [0.1, 0.15) is 149 Å². The van der Waals surface area contributed by atoms with Crippen LogP contribution in [0.15, 0.2) is 36.5 Å². The van der Waals surface area contributed by atoms with Crippen molar-refractivity contribution < 1.29 is 44.9 Å². The first-order valence-corrected chi connectivity index (χ1v) is 19.8. The largest absolute Gasteiger partial charge is 0.394 e. The minimum atomic E-state index is -1.61. The summed E-state index contributed by atoms with van der Waals surface area (Å²) in [5.74, 6) is -0.634. The Bertz CT molecular complexity index is 896. The monoisotopic (exact) mass is 712 g/mol. The van der Waals surface area contributed by atoms with Gasteiger partial charge in [-0.05, 0) is 38.5 Å². The lowest BCUT2D eigenvalue weighted by Crippen LogP contribution is -2.60. The molecular formula is C40H73NO9. The van der Waals surface area contributed by atoms with Gasteiger partial charge in [0.05, 0.1) is 25.4 Å². The van der Waals surface area contributed by atoms with Crippen LogP contribution >= 0.6 is 0 Å². The van der Waals surface area contributed by atoms with E-state index >= 15 is 0 Å². The number of carbonyl (C=O) groups excluding carboxylic acids is 1. The van der Waals surface area contributed by atoms with Gasteiger partial charge in [0, 0.05) is 0 Å². The minimum Gasteiger partial charge on any atom is -0.394 e. The van der Waals surface area contributed by atoms with Crippen molar-refractivity contribution in [3.63, 3.8) is 0 Å². The Labute approximate surface area is 303 Å². The molecular weight excluding hydrogens is 638 g/mol. The smallest absolute Gasteiger partial charge is 0.249 e. The number of hydrogen-bond acceptors (Lipinski definition) is 9. The average Bonchev–Trinajstić information content (AvgIpc) is 3.11. The number of aliphatic hydroxyl groups excluding tert-OH is 6. The summed E-state index contributed by atoms with van der Waals surface area (Å²) in [7, 11) is 0. The Morgan fingerprint density at radius 2 is 1.18 bits per heavy atom. The van der Waals surface area contributed by atoms with E-state index in [9.17, 15) is 35.4 Å². The molecule has 10 heteroatoms. The molecule has 7 N–H and O–H groups in total. The molecule has 1 aliphatic heterocycles. The summed E-state index contributed by atoms with van der Waals surface area (Å²) in [4.78, 5) is 12.9. The molecule has 0 bridgehead atoms. The Balaban J connectivity index is 2.54. The zero-order valence-corrected chi connectivity index (χ0v) is 31.3. The van der Waals surface area contributed by atoms with Gasteiger partial charge in [-0.15, -0.1) is 0 Å². The molecule has 1 fully saturated rings. The Morgan fingerprint density at radius 1 is 0.680 bits per heavy atom. The summed E-state index contributed by atoms with van der Waals surface area (Å²) in [6, 6.07) is -0.998. The number of amides is 1. The van der Waals surface area contributed by atoms with Crippen molar-refractivity contribution in [1.82, 2.24) is 5.32 Å². The second kappa shape index (κ2) is 30.9. The lowest BCUT2D eigenvalue weighted by atomic mass is 9.99. The summed E-state index contributed by atoms with van der Waals surface area (Å²) in [5.41, 5.74) is 0. The molecule has 0 aromatic carbocycles. The van der Waals surface area contributed by atoms with Crippen LogP contribution in [0.3, 0.4) is 0 Å². The zero-order valence-electron chi connectivity index (χ0n) is 31.3. The predicted molar refractivity (Wildman–Crippen MR) is 199 cm³/mol. The summed E-state index contributed by atoms with van der Waals surface area (Å²) in [6.07, 6.45) is 25.2. The summed E-state index contributed by atoms with van der Waals surface area (Å²) in [5, 5.41) is 64.3. The van der Waals surface area contributed by atoms with Crippen LogP contribution in [0.25, 0.3) is 0 Å². The highest BCUT2D eigenvalue weighted by molar-refractivity contribution is 5.80. The molecule has 50 heavy (non-hydrogen) atoms. The molecule has 292 valence electrons. The number of nitrogens with one attached hydrogen (secondary N) is 1. The molecule has 0 radical (unpaired) electrons. The number of ether oxygens (including phenoxy) is 2. The van der Waals surface area contributed by atoms with Gasteiger partial charge >= 0.3 is 0 Å². The summed E-state index contributed by atoms with van der Waals surface area (Å²) < 4.78 is 11.1. The zero-order chi connectivity index (χ0) is 36.8. The van der Waals surface area contributed by atoms with Gasteiger partial charge in [-0.2, -0.15) is 0 Å². The van der Waals surface area contributed by atoms with Gasteiger partial charge in [-0.1, -0.05) is 147 Å². The molecule has 0 aromatic heterocycles. The van der Waals surface area contributed by atoms with E-state index < -0.39 is 61.5 Å². The molecule has 0 aromatic rings. The normalized spacial score (nSPS) is 23.2. The van der Waals surface area contributed by atoms with Gasteiger partial charge in [-0.3, -0.25) is 4.79 Å². The van der Waals surface area contributed by atoms with Crippen molar-refractivity contribution in [3.8, 4) is 0 Å². The molecule has 0 aliphatic carbocycles. The maximum absolute atomic E-state index is 12.9. The molecule has 0 saturated carbocycles. The third kappa shape index (κ3) is 21.7. The van der Waals surface area contributed by atoms with Crippen molar-refractivity contribution in [1.29, 1.82) is 0 Å². The predicted octanol–water partition coefficient (Wildman–Crippen LogP) is 5.91. The highest BCUT2D eigenvalue weighted by Crippen LogP contribution is 2.22. The van der Waals surface area contributed by atoms with E-state index in [1.807, 2.05) is 6.08 Å². The van der Waals surface area contributed by atoms with Crippen molar-refractivity contribution in [2.24, 2.45) is 0 Å². The highest BCUT2D eigenvalue weighted by Gasteiger charge is 2.44. The molecule has 8 unspecified atom stereocenters. The van der Waals surface area contributed by atoms with E-state index in [4.69, 9.17) is 9.47 Å². The SMILES string of the molecule is CCCC/C=C/CC/C=C/CC/C=C/C(O)C(COC1OC(CO)C(O)C(O)C1O)NC(=O)C(O)CCCCCCCCCCCCCCC. The second-order valence-corrected chi connectivity index (χ2v) is 13.9. The van der Waals surface area contributed by atoms with Gasteiger partial charge < -0.3 is 45.4 Å². The fourth-order valence-electron chi connectivity index (χ4n) is 5.94. The lowest BCUT2D eigenvalue weighted by molar-refractivity contribution is -0.302. The summed E-state index contributed by atoms with van der Waals surface area (Å²) in [6.45, 7) is 3.50. The van der Waals surface area contributed by atoms with Crippen molar-refractivity contribution >= 4 is 5.91 Å². The van der Waals surface area contributed by atoms with Gasteiger partial charge in [-0.25, -0.2) is 0 Å². The lowest BCUT2D eigenvalue weighted by Gasteiger charge is -2.40. The van der Waals surface area contributed by atoms with E-state index in [0.29, 0.717) is 19.3 Å². The number of aliphatic hydroxyl groups is 6. The molecule has 1 heterocycles. The maximum atomic E-state index is 12.9. The highest BCUT2D eigenvalue weighted by atomic mass is 16.7. The van der Waals surface area contributed by atoms with Crippen LogP contribution in [0.4, 0.5) is 0 Å². The van der Waals surface area contributed by atoms with Gasteiger partial charge in [0.2, 0.25) is 5.91 Å². The average molecular weight is 712 g/mol. The van der Waals surface area contributed by atoms with Crippen LogP contribution in [0.5, 0.6) is 0 Å². The van der Waals surface area contributed by atoms with Crippen LogP contribution in [-0.2, 0) is 14.3 Å². The molecule has 1 saturated heterocycles. The van der Waals surface area contributed by atoms with Crippen molar-refractivity contribution in [2.75, 3.05) is 13.2 Å². The quantitative estimate of drug-likeness (QED) is 0.0342. The molecule has 8 atom stereocenters. The number of hydrogen-bond donors (Lipinski definition) is 7. The van der Waals surface area contributed by atoms with E-state index in [0.717, 1.165) is 44.9 Å². The number of rotatable bonds is 31. The maximum Gasteiger partial charge on any atom is 0.249 e. The van der Waals surface area contributed by atoms with Crippen LogP contribution in [-0.4, -0.2) is 98.7 Å². The fourth-order valence-corrected chi connectivity index (χ4v) is 5.94.